The molecule has 0 aliphatic heterocycles. The van der Waals surface area contributed by atoms with Gasteiger partial charge in [-0.05, 0) is 49.9 Å². The van der Waals surface area contributed by atoms with Gasteiger partial charge in [-0.2, -0.15) is 0 Å². The molecule has 0 spiro atoms. The fourth-order valence-electron chi connectivity index (χ4n) is 2.08. The van der Waals surface area contributed by atoms with Crippen molar-refractivity contribution >= 4 is 0 Å². The van der Waals surface area contributed by atoms with E-state index in [4.69, 9.17) is 0 Å². The fourth-order valence-corrected chi connectivity index (χ4v) is 2.08. The highest BCUT2D eigenvalue weighted by molar-refractivity contribution is 5.25. The summed E-state index contributed by atoms with van der Waals surface area (Å²) < 4.78 is 0. The molecule has 84 valence electrons. The zero-order valence-corrected chi connectivity index (χ0v) is 10.2. The Labute approximate surface area is 93.1 Å². The van der Waals surface area contributed by atoms with Crippen molar-refractivity contribution in [2.24, 2.45) is 0 Å². The zero-order chi connectivity index (χ0) is 11.3. The van der Waals surface area contributed by atoms with Gasteiger partial charge < -0.3 is 5.32 Å². The van der Waals surface area contributed by atoms with Gasteiger partial charge in [-0.15, -0.1) is 0 Å². The third-order valence-corrected chi connectivity index (χ3v) is 2.87. The van der Waals surface area contributed by atoms with Gasteiger partial charge in [0.1, 0.15) is 0 Å². The lowest BCUT2D eigenvalue weighted by molar-refractivity contribution is 0.490. The van der Waals surface area contributed by atoms with Crippen LogP contribution >= 0.6 is 0 Å². The Hall–Kier alpha value is -0.890. The number of hydrogen-bond donors (Lipinski definition) is 1. The molecule has 1 heterocycles. The van der Waals surface area contributed by atoms with Gasteiger partial charge in [0.15, 0.2) is 0 Å². The van der Waals surface area contributed by atoms with Crippen molar-refractivity contribution in [2.75, 3.05) is 6.54 Å². The minimum atomic E-state index is 0.574. The molecule has 1 aromatic heterocycles. The van der Waals surface area contributed by atoms with Gasteiger partial charge in [0.25, 0.3) is 0 Å². The van der Waals surface area contributed by atoms with Crippen LogP contribution in [0.2, 0.25) is 0 Å². The average molecular weight is 206 g/mol. The maximum atomic E-state index is 4.20. The summed E-state index contributed by atoms with van der Waals surface area (Å²) in [6, 6.07) is 2.66. The maximum Gasteiger partial charge on any atom is 0.0305 e. The Morgan fingerprint density at radius 2 is 2.13 bits per heavy atom. The molecule has 1 N–H and O–H groups in total. The van der Waals surface area contributed by atoms with Crippen LogP contribution in [0.3, 0.4) is 0 Å². The van der Waals surface area contributed by atoms with Gasteiger partial charge in [-0.3, -0.25) is 4.98 Å². The maximum absolute atomic E-state index is 4.20. The summed E-state index contributed by atoms with van der Waals surface area (Å²) in [6.45, 7) is 9.87. The Morgan fingerprint density at radius 1 is 1.40 bits per heavy atom. The highest BCUT2D eigenvalue weighted by Gasteiger charge is 2.11. The van der Waals surface area contributed by atoms with E-state index < -0.39 is 0 Å². The van der Waals surface area contributed by atoms with Gasteiger partial charge in [0.05, 0.1) is 0 Å². The molecular formula is C13H22N2. The predicted octanol–water partition coefficient (Wildman–Crippen LogP) is 2.88. The number of nitrogens with one attached hydrogen (secondary N) is 1. The number of aromatic nitrogens is 1. The lowest BCUT2D eigenvalue weighted by Crippen LogP contribution is -2.27. The highest BCUT2D eigenvalue weighted by Crippen LogP contribution is 2.22. The molecule has 0 saturated carbocycles. The van der Waals surface area contributed by atoms with E-state index in [1.165, 1.54) is 17.5 Å². The van der Waals surface area contributed by atoms with Gasteiger partial charge in [0, 0.05) is 18.4 Å². The monoisotopic (exact) mass is 206 g/mol. The van der Waals surface area contributed by atoms with Gasteiger partial charge in [0.2, 0.25) is 0 Å². The number of hydrogen-bond acceptors (Lipinski definition) is 2. The van der Waals surface area contributed by atoms with Crippen LogP contribution < -0.4 is 5.32 Å². The molecule has 1 aromatic rings. The first-order valence-electron chi connectivity index (χ1n) is 5.79. The van der Waals surface area contributed by atoms with Gasteiger partial charge in [-0.25, -0.2) is 0 Å². The van der Waals surface area contributed by atoms with Crippen LogP contribution in [0.1, 0.15) is 44.2 Å². The van der Waals surface area contributed by atoms with Crippen LogP contribution in [0.25, 0.3) is 0 Å². The topological polar surface area (TPSA) is 24.9 Å². The predicted molar refractivity (Wildman–Crippen MR) is 65.1 cm³/mol. The molecule has 0 aliphatic carbocycles. The van der Waals surface area contributed by atoms with E-state index >= 15 is 0 Å². The summed E-state index contributed by atoms with van der Waals surface area (Å²) in [4.78, 5) is 4.20. The van der Waals surface area contributed by atoms with Crippen LogP contribution in [0, 0.1) is 6.92 Å². The highest BCUT2D eigenvalue weighted by atomic mass is 14.9. The summed E-state index contributed by atoms with van der Waals surface area (Å²) in [5, 5.41) is 3.45. The summed E-state index contributed by atoms with van der Waals surface area (Å²) in [5.41, 5.74) is 2.73. The standard InChI is InChI=1S/C13H22N2/c1-5-15-12(4)8-11(3)13-9-14-7-6-10(13)2/h6-7,9,11-12,15H,5,8H2,1-4H3. The van der Waals surface area contributed by atoms with E-state index in [0.717, 1.165) is 6.54 Å². The Bertz CT molecular complexity index is 296. The molecule has 2 unspecified atom stereocenters. The molecule has 0 radical (unpaired) electrons. The first kappa shape index (κ1) is 12.2. The molecule has 1 rings (SSSR count). The van der Waals surface area contributed by atoms with Crippen molar-refractivity contribution in [3.8, 4) is 0 Å². The van der Waals surface area contributed by atoms with Crippen molar-refractivity contribution < 1.29 is 0 Å². The fraction of sp³-hybridized carbons (Fsp3) is 0.615. The number of pyridine rings is 1. The molecule has 0 fully saturated rings. The van der Waals surface area contributed by atoms with Crippen molar-refractivity contribution in [3.63, 3.8) is 0 Å². The van der Waals surface area contributed by atoms with Crippen LogP contribution in [0.15, 0.2) is 18.5 Å². The van der Waals surface area contributed by atoms with Crippen LogP contribution in [0.4, 0.5) is 0 Å². The van der Waals surface area contributed by atoms with Crippen molar-refractivity contribution in [2.45, 2.75) is 46.1 Å². The summed E-state index contributed by atoms with van der Waals surface area (Å²) >= 11 is 0. The number of rotatable bonds is 5. The van der Waals surface area contributed by atoms with E-state index in [9.17, 15) is 0 Å². The molecule has 2 atom stereocenters. The third-order valence-electron chi connectivity index (χ3n) is 2.87. The lowest BCUT2D eigenvalue weighted by Gasteiger charge is -2.19. The molecular weight excluding hydrogens is 184 g/mol. The molecule has 0 amide bonds. The molecule has 2 heteroatoms. The van der Waals surface area contributed by atoms with Crippen molar-refractivity contribution in [3.05, 3.63) is 29.6 Å². The van der Waals surface area contributed by atoms with E-state index in [-0.39, 0.29) is 0 Å². The Morgan fingerprint density at radius 3 is 2.73 bits per heavy atom. The normalized spacial score (nSPS) is 14.9. The SMILES string of the molecule is CCNC(C)CC(C)c1cnccc1C. The molecule has 2 nitrogen and oxygen atoms in total. The second kappa shape index (κ2) is 5.86. The zero-order valence-electron chi connectivity index (χ0n) is 10.2. The van der Waals surface area contributed by atoms with E-state index in [1.54, 1.807) is 0 Å². The van der Waals surface area contributed by atoms with Crippen LogP contribution in [0.5, 0.6) is 0 Å². The second-order valence-corrected chi connectivity index (χ2v) is 4.33. The van der Waals surface area contributed by atoms with Gasteiger partial charge in [-0.1, -0.05) is 13.8 Å². The van der Waals surface area contributed by atoms with Crippen molar-refractivity contribution in [1.82, 2.24) is 10.3 Å². The largest absolute Gasteiger partial charge is 0.315 e. The first-order chi connectivity index (χ1) is 7.15. The smallest absolute Gasteiger partial charge is 0.0305 e. The van der Waals surface area contributed by atoms with E-state index in [2.05, 4.69) is 44.1 Å². The quantitative estimate of drug-likeness (QED) is 0.801. The van der Waals surface area contributed by atoms with Crippen LogP contribution in [-0.2, 0) is 0 Å². The summed E-state index contributed by atoms with van der Waals surface area (Å²) in [6.07, 6.45) is 5.03. The Kier molecular flexibility index (Phi) is 4.76. The number of aryl methyl sites for hydroxylation is 1. The first-order valence-corrected chi connectivity index (χ1v) is 5.79. The second-order valence-electron chi connectivity index (χ2n) is 4.33. The van der Waals surface area contributed by atoms with E-state index in [1.807, 2.05) is 12.4 Å². The summed E-state index contributed by atoms with van der Waals surface area (Å²) in [5.74, 6) is 0.577. The minimum absolute atomic E-state index is 0.574. The minimum Gasteiger partial charge on any atom is -0.315 e. The van der Waals surface area contributed by atoms with Gasteiger partial charge >= 0.3 is 0 Å². The molecule has 15 heavy (non-hydrogen) atoms. The molecule has 0 aromatic carbocycles. The average Bonchev–Trinajstić information content (AvgIpc) is 2.18. The number of nitrogens with zero attached hydrogens (tertiary/aromatic N) is 1. The van der Waals surface area contributed by atoms with Crippen LogP contribution in [-0.4, -0.2) is 17.6 Å². The molecule has 0 aliphatic rings. The third kappa shape index (κ3) is 3.63. The summed E-state index contributed by atoms with van der Waals surface area (Å²) in [7, 11) is 0. The molecule has 0 bridgehead atoms. The van der Waals surface area contributed by atoms with E-state index in [0.29, 0.717) is 12.0 Å². The lowest BCUT2D eigenvalue weighted by atomic mass is 9.93. The molecule has 0 saturated heterocycles. The Balaban J connectivity index is 2.61. The van der Waals surface area contributed by atoms with Crippen molar-refractivity contribution in [1.29, 1.82) is 0 Å².